The van der Waals surface area contributed by atoms with E-state index in [1.165, 1.54) is 18.2 Å². The van der Waals surface area contributed by atoms with Crippen molar-refractivity contribution >= 4 is 17.5 Å². The summed E-state index contributed by atoms with van der Waals surface area (Å²) in [5.41, 5.74) is 7.94. The Bertz CT molecular complexity index is 964. The lowest BCUT2D eigenvalue weighted by Gasteiger charge is -2.27. The zero-order valence-corrected chi connectivity index (χ0v) is 15.2. The van der Waals surface area contributed by atoms with Crippen LogP contribution in [0.3, 0.4) is 0 Å². The van der Waals surface area contributed by atoms with E-state index in [4.69, 9.17) is 5.73 Å². The molecule has 0 unspecified atom stereocenters. The minimum Gasteiger partial charge on any atom is -0.404 e. The van der Waals surface area contributed by atoms with E-state index < -0.39 is 6.36 Å². The van der Waals surface area contributed by atoms with Crippen molar-refractivity contribution in [3.63, 3.8) is 0 Å². The van der Waals surface area contributed by atoms with Gasteiger partial charge in [-0.2, -0.15) is 4.98 Å². The van der Waals surface area contributed by atoms with Gasteiger partial charge in [-0.05, 0) is 38.1 Å². The van der Waals surface area contributed by atoms with Gasteiger partial charge in [0.15, 0.2) is 5.75 Å². The molecule has 0 aliphatic carbocycles. The minimum atomic E-state index is -4.83. The van der Waals surface area contributed by atoms with Crippen LogP contribution >= 0.6 is 0 Å². The summed E-state index contributed by atoms with van der Waals surface area (Å²) in [6.45, 7) is 3.70. The quantitative estimate of drug-likeness (QED) is 0.701. The van der Waals surface area contributed by atoms with Crippen molar-refractivity contribution in [3.8, 4) is 5.75 Å². The molecule has 2 aromatic heterocycles. The number of nitrogens with zero attached hydrogens (tertiary/aromatic N) is 4. The Morgan fingerprint density at radius 3 is 2.43 bits per heavy atom. The smallest absolute Gasteiger partial charge is 0.404 e. The van der Waals surface area contributed by atoms with Crippen molar-refractivity contribution in [1.29, 1.82) is 0 Å². The molecule has 28 heavy (non-hydrogen) atoms. The molecule has 0 saturated heterocycles. The van der Waals surface area contributed by atoms with Gasteiger partial charge < -0.3 is 15.4 Å². The molecular formula is C19H18F3N5O. The SMILES string of the molecule is Cc1nc(N)nc(N(Cc2ccccn2)c2ccccc2OC(F)(F)F)c1C. The number of aromatic nitrogens is 3. The molecule has 0 radical (unpaired) electrons. The maximum Gasteiger partial charge on any atom is 0.573 e. The fraction of sp³-hybridized carbons (Fsp3) is 0.211. The standard InChI is InChI=1S/C19H18F3N5O/c1-12-13(2)25-18(23)26-17(12)27(11-14-7-5-6-10-24-14)15-8-3-4-9-16(15)28-19(20,21)22/h3-10H,11H2,1-2H3,(H2,23,25,26). The molecule has 0 amide bonds. The van der Waals surface area contributed by atoms with Crippen molar-refractivity contribution in [3.05, 3.63) is 65.6 Å². The molecule has 1 aromatic carbocycles. The predicted molar refractivity (Wildman–Crippen MR) is 99.1 cm³/mol. The van der Waals surface area contributed by atoms with Gasteiger partial charge in [0.25, 0.3) is 0 Å². The van der Waals surface area contributed by atoms with E-state index in [0.29, 0.717) is 22.8 Å². The number of para-hydroxylation sites is 2. The van der Waals surface area contributed by atoms with Gasteiger partial charge in [-0.3, -0.25) is 4.98 Å². The Labute approximate surface area is 159 Å². The Balaban J connectivity index is 2.16. The molecule has 2 heterocycles. The van der Waals surface area contributed by atoms with E-state index in [-0.39, 0.29) is 23.9 Å². The number of alkyl halides is 3. The van der Waals surface area contributed by atoms with E-state index in [1.54, 1.807) is 49.2 Å². The van der Waals surface area contributed by atoms with Gasteiger partial charge in [-0.15, -0.1) is 13.2 Å². The van der Waals surface area contributed by atoms with Crippen LogP contribution in [0, 0.1) is 13.8 Å². The van der Waals surface area contributed by atoms with Crippen LogP contribution in [-0.4, -0.2) is 21.3 Å². The first kappa shape index (κ1) is 19.4. The summed E-state index contributed by atoms with van der Waals surface area (Å²) >= 11 is 0. The van der Waals surface area contributed by atoms with E-state index in [2.05, 4.69) is 19.7 Å². The zero-order valence-electron chi connectivity index (χ0n) is 15.2. The van der Waals surface area contributed by atoms with Crippen molar-refractivity contribution in [2.24, 2.45) is 0 Å². The fourth-order valence-corrected chi connectivity index (χ4v) is 2.72. The third-order valence-corrected chi connectivity index (χ3v) is 4.06. The Hall–Kier alpha value is -3.36. The summed E-state index contributed by atoms with van der Waals surface area (Å²) < 4.78 is 43.0. The van der Waals surface area contributed by atoms with Gasteiger partial charge in [-0.25, -0.2) is 4.98 Å². The van der Waals surface area contributed by atoms with Crippen LogP contribution in [0.25, 0.3) is 0 Å². The topological polar surface area (TPSA) is 77.2 Å². The average Bonchev–Trinajstić information content (AvgIpc) is 2.63. The molecule has 2 N–H and O–H groups in total. The molecule has 3 aromatic rings. The predicted octanol–water partition coefficient (Wildman–Crippen LogP) is 4.31. The maximum atomic E-state index is 12.9. The number of nitrogen functional groups attached to an aromatic ring is 1. The number of pyridine rings is 1. The molecule has 146 valence electrons. The summed E-state index contributed by atoms with van der Waals surface area (Å²) in [6.07, 6.45) is -3.22. The van der Waals surface area contributed by atoms with E-state index >= 15 is 0 Å². The summed E-state index contributed by atoms with van der Waals surface area (Å²) in [7, 11) is 0. The van der Waals surface area contributed by atoms with Crippen LogP contribution in [0.1, 0.15) is 17.0 Å². The Morgan fingerprint density at radius 2 is 1.75 bits per heavy atom. The first-order valence-electron chi connectivity index (χ1n) is 8.37. The molecule has 0 aliphatic rings. The van der Waals surface area contributed by atoms with Crippen LogP contribution in [0.15, 0.2) is 48.7 Å². The highest BCUT2D eigenvalue weighted by Gasteiger charge is 2.33. The molecule has 0 fully saturated rings. The molecule has 3 rings (SSSR count). The lowest BCUT2D eigenvalue weighted by Crippen LogP contribution is -2.24. The lowest BCUT2D eigenvalue weighted by atomic mass is 10.2. The number of hydrogen-bond acceptors (Lipinski definition) is 6. The monoisotopic (exact) mass is 389 g/mol. The average molecular weight is 389 g/mol. The first-order chi connectivity index (χ1) is 13.2. The highest BCUT2D eigenvalue weighted by Crippen LogP contribution is 2.38. The van der Waals surface area contributed by atoms with Crippen molar-refractivity contribution in [2.45, 2.75) is 26.8 Å². The number of aryl methyl sites for hydroxylation is 1. The third-order valence-electron chi connectivity index (χ3n) is 4.06. The summed E-state index contributed by atoms with van der Waals surface area (Å²) in [5, 5.41) is 0. The number of rotatable bonds is 5. The highest BCUT2D eigenvalue weighted by molar-refractivity contribution is 5.70. The fourth-order valence-electron chi connectivity index (χ4n) is 2.72. The molecule has 9 heteroatoms. The Morgan fingerprint density at radius 1 is 1.04 bits per heavy atom. The molecule has 0 bridgehead atoms. The third kappa shape index (κ3) is 4.48. The van der Waals surface area contributed by atoms with Gasteiger partial charge in [-0.1, -0.05) is 18.2 Å². The van der Waals surface area contributed by atoms with Crippen LogP contribution in [0.5, 0.6) is 5.75 Å². The number of anilines is 3. The molecule has 0 spiro atoms. The second-order valence-corrected chi connectivity index (χ2v) is 6.04. The zero-order chi connectivity index (χ0) is 20.3. The van der Waals surface area contributed by atoms with Crippen LogP contribution in [-0.2, 0) is 6.54 Å². The maximum absolute atomic E-state index is 12.9. The molecule has 0 aliphatic heterocycles. The summed E-state index contributed by atoms with van der Waals surface area (Å²) in [4.78, 5) is 14.2. The lowest BCUT2D eigenvalue weighted by molar-refractivity contribution is -0.274. The highest BCUT2D eigenvalue weighted by atomic mass is 19.4. The number of hydrogen-bond donors (Lipinski definition) is 1. The minimum absolute atomic E-state index is 0.0262. The largest absolute Gasteiger partial charge is 0.573 e. The van der Waals surface area contributed by atoms with Gasteiger partial charge in [0, 0.05) is 17.5 Å². The van der Waals surface area contributed by atoms with Gasteiger partial charge in [0.2, 0.25) is 5.95 Å². The summed E-state index contributed by atoms with van der Waals surface area (Å²) in [5.74, 6) is 0.0624. The van der Waals surface area contributed by atoms with Crippen LogP contribution < -0.4 is 15.4 Å². The van der Waals surface area contributed by atoms with Gasteiger partial charge in [0.1, 0.15) is 5.82 Å². The van der Waals surface area contributed by atoms with Crippen LogP contribution in [0.2, 0.25) is 0 Å². The molecular weight excluding hydrogens is 371 g/mol. The number of nitrogens with two attached hydrogens (primary N) is 1. The number of ether oxygens (including phenoxy) is 1. The van der Waals surface area contributed by atoms with Crippen molar-refractivity contribution in [2.75, 3.05) is 10.6 Å². The number of benzene rings is 1. The summed E-state index contributed by atoms with van der Waals surface area (Å²) in [6, 6.07) is 11.2. The van der Waals surface area contributed by atoms with Crippen molar-refractivity contribution < 1.29 is 17.9 Å². The number of halogens is 3. The van der Waals surface area contributed by atoms with Crippen molar-refractivity contribution in [1.82, 2.24) is 15.0 Å². The van der Waals surface area contributed by atoms with Gasteiger partial charge in [0.05, 0.1) is 17.9 Å². The molecule has 6 nitrogen and oxygen atoms in total. The first-order valence-corrected chi connectivity index (χ1v) is 8.37. The van der Waals surface area contributed by atoms with E-state index in [1.807, 2.05) is 0 Å². The molecule has 0 saturated carbocycles. The van der Waals surface area contributed by atoms with Crippen LogP contribution in [0.4, 0.5) is 30.6 Å². The second-order valence-electron chi connectivity index (χ2n) is 6.04. The van der Waals surface area contributed by atoms with E-state index in [9.17, 15) is 13.2 Å². The molecule has 0 atom stereocenters. The normalized spacial score (nSPS) is 11.3. The Kier molecular flexibility index (Phi) is 5.34. The van der Waals surface area contributed by atoms with E-state index in [0.717, 1.165) is 0 Å². The second kappa shape index (κ2) is 7.71. The van der Waals surface area contributed by atoms with Gasteiger partial charge >= 0.3 is 6.36 Å².